The molecular formula is C21H21ClF2N6. The molecule has 0 saturated heterocycles. The second-order valence-corrected chi connectivity index (χ2v) is 7.09. The van der Waals surface area contributed by atoms with Crippen LogP contribution in [0.5, 0.6) is 0 Å². The van der Waals surface area contributed by atoms with Crippen molar-refractivity contribution < 1.29 is 8.78 Å². The quantitative estimate of drug-likeness (QED) is 0.423. The Morgan fingerprint density at radius 1 is 1.03 bits per heavy atom. The van der Waals surface area contributed by atoms with Crippen LogP contribution in [-0.4, -0.2) is 19.5 Å². The molecule has 4 aromatic rings. The fourth-order valence-corrected chi connectivity index (χ4v) is 3.38. The van der Waals surface area contributed by atoms with Crippen molar-refractivity contribution in [3.05, 3.63) is 60.1 Å². The number of imidazole rings is 1. The van der Waals surface area contributed by atoms with E-state index in [0.717, 1.165) is 6.20 Å². The van der Waals surface area contributed by atoms with Gasteiger partial charge in [-0.15, -0.1) is 12.4 Å². The van der Waals surface area contributed by atoms with Crippen molar-refractivity contribution in [2.24, 2.45) is 0 Å². The van der Waals surface area contributed by atoms with Gasteiger partial charge in [-0.3, -0.25) is 0 Å². The summed E-state index contributed by atoms with van der Waals surface area (Å²) >= 11 is 0. The van der Waals surface area contributed by atoms with Crippen molar-refractivity contribution in [2.45, 2.75) is 26.8 Å². The van der Waals surface area contributed by atoms with Gasteiger partial charge in [0, 0.05) is 23.0 Å². The Labute approximate surface area is 178 Å². The van der Waals surface area contributed by atoms with Crippen LogP contribution in [-0.2, 0) is 0 Å². The van der Waals surface area contributed by atoms with Crippen LogP contribution in [0.3, 0.4) is 0 Å². The lowest BCUT2D eigenvalue weighted by Gasteiger charge is -2.12. The third kappa shape index (κ3) is 3.91. The summed E-state index contributed by atoms with van der Waals surface area (Å²) < 4.78 is 31.2. The minimum absolute atomic E-state index is 0. The fraction of sp³-hybridized carbons (Fsp3) is 0.190. The van der Waals surface area contributed by atoms with E-state index in [-0.39, 0.29) is 35.6 Å². The summed E-state index contributed by atoms with van der Waals surface area (Å²) in [7, 11) is 0. The summed E-state index contributed by atoms with van der Waals surface area (Å²) in [5.41, 5.74) is 8.19. The maximum atomic E-state index is 14.7. The number of hydrogen-bond acceptors (Lipinski definition) is 5. The number of halogens is 3. The first-order chi connectivity index (χ1) is 13.8. The van der Waals surface area contributed by atoms with Gasteiger partial charge in [-0.1, -0.05) is 0 Å². The molecule has 2 heterocycles. The lowest BCUT2D eigenvalue weighted by Crippen LogP contribution is -2.03. The van der Waals surface area contributed by atoms with Gasteiger partial charge >= 0.3 is 0 Å². The first kappa shape index (κ1) is 21.4. The number of nitrogen functional groups attached to an aromatic ring is 1. The largest absolute Gasteiger partial charge is 0.399 e. The molecule has 9 heteroatoms. The summed E-state index contributed by atoms with van der Waals surface area (Å²) in [5.74, 6) is -0.273. The minimum atomic E-state index is -0.640. The van der Waals surface area contributed by atoms with Gasteiger partial charge in [0.25, 0.3) is 0 Å². The lowest BCUT2D eigenvalue weighted by atomic mass is 10.1. The fourth-order valence-electron chi connectivity index (χ4n) is 3.38. The SMILES string of the molecule is Cc1nc2c(F)cc(-c3nc(Nc4ccc(N)cc4)ncc3F)cc2n1C(C)C.Cl. The van der Waals surface area contributed by atoms with E-state index in [1.54, 1.807) is 30.3 Å². The van der Waals surface area contributed by atoms with Crippen LogP contribution >= 0.6 is 12.4 Å². The Morgan fingerprint density at radius 2 is 1.73 bits per heavy atom. The number of anilines is 3. The van der Waals surface area contributed by atoms with Crippen LogP contribution in [0, 0.1) is 18.6 Å². The molecule has 0 aliphatic carbocycles. The third-order valence-electron chi connectivity index (χ3n) is 4.63. The Hall–Kier alpha value is -3.26. The molecule has 0 saturated carbocycles. The van der Waals surface area contributed by atoms with Crippen molar-refractivity contribution in [3.63, 3.8) is 0 Å². The van der Waals surface area contributed by atoms with Crippen molar-refractivity contribution >= 4 is 40.8 Å². The summed E-state index contributed by atoms with van der Waals surface area (Å²) in [5, 5.41) is 3.00. The standard InChI is InChI=1S/C21H20F2N6.ClH/c1-11(2)29-12(3)26-20-16(22)8-13(9-18(20)29)19-17(23)10-25-21(28-19)27-15-6-4-14(24)5-7-15;/h4-11H,24H2,1-3H3,(H,25,27,28);1H. The highest BCUT2D eigenvalue weighted by atomic mass is 35.5. The topological polar surface area (TPSA) is 81.7 Å². The first-order valence-corrected chi connectivity index (χ1v) is 9.17. The molecule has 2 aromatic carbocycles. The average Bonchev–Trinajstić information content (AvgIpc) is 3.02. The molecule has 4 rings (SSSR count). The Kier molecular flexibility index (Phi) is 5.89. The molecule has 0 atom stereocenters. The number of hydrogen-bond donors (Lipinski definition) is 2. The van der Waals surface area contributed by atoms with Crippen molar-refractivity contribution in [1.29, 1.82) is 0 Å². The van der Waals surface area contributed by atoms with Gasteiger partial charge in [0.2, 0.25) is 5.95 Å². The zero-order valence-corrected chi connectivity index (χ0v) is 17.5. The Balaban J connectivity index is 0.00000256. The normalized spacial score (nSPS) is 11.0. The predicted molar refractivity (Wildman–Crippen MR) is 117 cm³/mol. The highest BCUT2D eigenvalue weighted by molar-refractivity contribution is 5.85. The zero-order valence-electron chi connectivity index (χ0n) is 16.6. The monoisotopic (exact) mass is 430 g/mol. The highest BCUT2D eigenvalue weighted by Crippen LogP contribution is 2.30. The van der Waals surface area contributed by atoms with E-state index in [2.05, 4.69) is 20.3 Å². The third-order valence-corrected chi connectivity index (χ3v) is 4.63. The van der Waals surface area contributed by atoms with E-state index in [4.69, 9.17) is 5.73 Å². The summed E-state index contributed by atoms with van der Waals surface area (Å²) in [6.45, 7) is 5.79. The van der Waals surface area contributed by atoms with Gasteiger partial charge in [-0.25, -0.2) is 23.7 Å². The zero-order chi connectivity index (χ0) is 20.7. The molecule has 0 spiro atoms. The molecule has 0 amide bonds. The maximum Gasteiger partial charge on any atom is 0.227 e. The predicted octanol–water partition coefficient (Wildman–Crippen LogP) is 5.41. The number of nitrogens with two attached hydrogens (primary N) is 1. The number of rotatable bonds is 4. The van der Waals surface area contributed by atoms with Gasteiger partial charge in [-0.05, 0) is 57.2 Å². The van der Waals surface area contributed by atoms with E-state index in [0.29, 0.717) is 28.3 Å². The van der Waals surface area contributed by atoms with Crippen molar-refractivity contribution in [1.82, 2.24) is 19.5 Å². The summed E-state index contributed by atoms with van der Waals surface area (Å²) in [6, 6.07) is 10.0. The number of aryl methyl sites for hydroxylation is 1. The summed E-state index contributed by atoms with van der Waals surface area (Å²) in [4.78, 5) is 12.6. The van der Waals surface area contributed by atoms with Gasteiger partial charge in [-0.2, -0.15) is 0 Å². The molecule has 0 aliphatic heterocycles. The minimum Gasteiger partial charge on any atom is -0.399 e. The second kappa shape index (κ2) is 8.23. The van der Waals surface area contributed by atoms with Crippen LogP contribution in [0.2, 0.25) is 0 Å². The van der Waals surface area contributed by atoms with Crippen molar-refractivity contribution in [3.8, 4) is 11.3 Å². The molecule has 0 radical (unpaired) electrons. The maximum absolute atomic E-state index is 14.7. The second-order valence-electron chi connectivity index (χ2n) is 7.09. The smallest absolute Gasteiger partial charge is 0.227 e. The molecule has 0 fully saturated rings. The van der Waals surface area contributed by atoms with Crippen LogP contribution < -0.4 is 11.1 Å². The molecule has 0 bridgehead atoms. The number of aromatic nitrogens is 4. The van der Waals surface area contributed by atoms with Gasteiger partial charge < -0.3 is 15.6 Å². The number of nitrogens with zero attached hydrogens (tertiary/aromatic N) is 4. The molecule has 30 heavy (non-hydrogen) atoms. The van der Waals surface area contributed by atoms with Crippen LogP contribution in [0.15, 0.2) is 42.6 Å². The van der Waals surface area contributed by atoms with Gasteiger partial charge in [0.1, 0.15) is 17.0 Å². The van der Waals surface area contributed by atoms with Crippen molar-refractivity contribution in [2.75, 3.05) is 11.1 Å². The lowest BCUT2D eigenvalue weighted by molar-refractivity contribution is 0.600. The first-order valence-electron chi connectivity index (χ1n) is 9.17. The number of benzene rings is 2. The molecule has 0 unspecified atom stereocenters. The molecular weight excluding hydrogens is 410 g/mol. The van der Waals surface area contributed by atoms with Gasteiger partial charge in [0.05, 0.1) is 11.7 Å². The average molecular weight is 431 g/mol. The molecule has 3 N–H and O–H groups in total. The van der Waals surface area contributed by atoms with Crippen LogP contribution in [0.4, 0.5) is 26.1 Å². The summed E-state index contributed by atoms with van der Waals surface area (Å²) in [6.07, 6.45) is 1.06. The molecule has 156 valence electrons. The van der Waals surface area contributed by atoms with Gasteiger partial charge in [0.15, 0.2) is 11.6 Å². The van der Waals surface area contributed by atoms with Crippen LogP contribution in [0.1, 0.15) is 25.7 Å². The van der Waals surface area contributed by atoms with Crippen LogP contribution in [0.25, 0.3) is 22.3 Å². The van der Waals surface area contributed by atoms with E-state index >= 15 is 0 Å². The van der Waals surface area contributed by atoms with E-state index < -0.39 is 11.6 Å². The van der Waals surface area contributed by atoms with E-state index in [9.17, 15) is 8.78 Å². The van der Waals surface area contributed by atoms with E-state index in [1.807, 2.05) is 25.3 Å². The number of nitrogens with one attached hydrogen (secondary N) is 1. The molecule has 2 aromatic heterocycles. The number of fused-ring (bicyclic) bond motifs is 1. The Bertz CT molecular complexity index is 1200. The molecule has 6 nitrogen and oxygen atoms in total. The highest BCUT2D eigenvalue weighted by Gasteiger charge is 2.18. The Morgan fingerprint density at radius 3 is 2.40 bits per heavy atom. The molecule has 0 aliphatic rings. The van der Waals surface area contributed by atoms with E-state index in [1.165, 1.54) is 6.07 Å².